The summed E-state index contributed by atoms with van der Waals surface area (Å²) in [5.74, 6) is 1.15. The van der Waals surface area contributed by atoms with Crippen molar-refractivity contribution in [2.45, 2.75) is 37.2 Å². The number of H-pyrrole nitrogens is 1. The molecule has 186 valence electrons. The third-order valence-electron chi connectivity index (χ3n) is 6.20. The van der Waals surface area contributed by atoms with Crippen LogP contribution < -0.4 is 21.1 Å². The van der Waals surface area contributed by atoms with Crippen LogP contribution in [0.4, 0.5) is 0 Å². The van der Waals surface area contributed by atoms with E-state index in [-0.39, 0.29) is 26.2 Å². The lowest BCUT2D eigenvalue weighted by Gasteiger charge is -2.32. The van der Waals surface area contributed by atoms with Crippen molar-refractivity contribution in [2.75, 3.05) is 13.2 Å². The summed E-state index contributed by atoms with van der Waals surface area (Å²) in [6.07, 6.45) is 3.79. The van der Waals surface area contributed by atoms with Crippen molar-refractivity contribution >= 4 is 10.0 Å². The maximum Gasteiger partial charge on any atom is 0.330 e. The third-order valence-corrected chi connectivity index (χ3v) is 7.87. The molecule has 0 saturated heterocycles. The second-order valence-electron chi connectivity index (χ2n) is 8.85. The number of aromatic nitrogens is 2. The predicted octanol–water partition coefficient (Wildman–Crippen LogP) is 2.12. The lowest BCUT2D eigenvalue weighted by atomic mass is 9.88. The first-order chi connectivity index (χ1) is 16.8. The molecule has 0 amide bonds. The van der Waals surface area contributed by atoms with E-state index in [4.69, 9.17) is 14.6 Å². The quantitative estimate of drug-likeness (QED) is 0.367. The van der Waals surface area contributed by atoms with Crippen molar-refractivity contribution < 1.29 is 17.9 Å². The fourth-order valence-electron chi connectivity index (χ4n) is 3.98. The molecule has 1 atom stereocenters. The lowest BCUT2D eigenvalue weighted by molar-refractivity contribution is 0.0655. The molecule has 0 aliphatic heterocycles. The Morgan fingerprint density at radius 3 is 2.51 bits per heavy atom. The van der Waals surface area contributed by atoms with Crippen LogP contribution >= 0.6 is 0 Å². The molecule has 1 saturated carbocycles. The van der Waals surface area contributed by atoms with Crippen molar-refractivity contribution in [2.24, 2.45) is 11.1 Å². The average molecular weight is 500 g/mol. The number of hydrogen-bond acceptors (Lipinski definition) is 6. The van der Waals surface area contributed by atoms with Gasteiger partial charge in [-0.05, 0) is 54.9 Å². The highest BCUT2D eigenvalue weighted by Crippen LogP contribution is 2.38. The predicted molar refractivity (Wildman–Crippen MR) is 131 cm³/mol. The van der Waals surface area contributed by atoms with Crippen LogP contribution in [0.5, 0.6) is 5.75 Å². The second-order valence-corrected chi connectivity index (χ2v) is 10.7. The largest absolute Gasteiger partial charge is 0.493 e. The molecule has 1 aromatic heterocycles. The molecule has 0 bridgehead atoms. The molecule has 1 aliphatic rings. The Morgan fingerprint density at radius 2 is 1.83 bits per heavy atom. The zero-order valence-corrected chi connectivity index (χ0v) is 20.1. The first-order valence-electron chi connectivity index (χ1n) is 11.4. The van der Waals surface area contributed by atoms with E-state index in [1.165, 1.54) is 16.8 Å². The Hall–Kier alpha value is -3.21. The van der Waals surface area contributed by atoms with E-state index in [1.54, 1.807) is 24.3 Å². The van der Waals surface area contributed by atoms with Crippen LogP contribution in [0.1, 0.15) is 30.4 Å². The molecule has 0 radical (unpaired) electrons. The van der Waals surface area contributed by atoms with Gasteiger partial charge in [0.25, 0.3) is 5.56 Å². The Kier molecular flexibility index (Phi) is 7.54. The summed E-state index contributed by atoms with van der Waals surface area (Å²) in [6.45, 7) is 0.454. The van der Waals surface area contributed by atoms with Gasteiger partial charge >= 0.3 is 5.69 Å². The molecule has 3 N–H and O–H groups in total. The van der Waals surface area contributed by atoms with Crippen LogP contribution in [0, 0.1) is 5.92 Å². The van der Waals surface area contributed by atoms with Gasteiger partial charge in [0.05, 0.1) is 13.2 Å². The third kappa shape index (κ3) is 6.27. The lowest BCUT2D eigenvalue weighted by Crippen LogP contribution is -2.44. The number of ether oxygens (including phenoxy) is 2. The van der Waals surface area contributed by atoms with E-state index in [0.29, 0.717) is 23.8 Å². The van der Waals surface area contributed by atoms with Crippen molar-refractivity contribution in [3.63, 3.8) is 0 Å². The van der Waals surface area contributed by atoms with Crippen molar-refractivity contribution in [1.82, 2.24) is 9.55 Å². The highest BCUT2D eigenvalue weighted by molar-refractivity contribution is 7.90. The number of hydrogen-bond donors (Lipinski definition) is 2. The summed E-state index contributed by atoms with van der Waals surface area (Å²) >= 11 is 0. The Labute approximate surface area is 203 Å². The van der Waals surface area contributed by atoms with Gasteiger partial charge in [0.2, 0.25) is 10.0 Å². The van der Waals surface area contributed by atoms with Crippen LogP contribution in [-0.4, -0.2) is 31.2 Å². The molecule has 3 aromatic rings. The number of benzene rings is 2. The van der Waals surface area contributed by atoms with Crippen LogP contribution in [0.2, 0.25) is 0 Å². The normalized spacial score (nSPS) is 15.5. The van der Waals surface area contributed by atoms with Crippen LogP contribution in [-0.2, 0) is 32.7 Å². The SMILES string of the molecule is NS(=O)(=O)C(CCOCn1ccc(=O)[nH]c1=O)(Cc1ccccc1)c1cccc(OCC2CC2)c1. The molecule has 0 spiro atoms. The van der Waals surface area contributed by atoms with Crippen molar-refractivity contribution in [3.05, 3.63) is 98.8 Å². The number of nitrogens with one attached hydrogen (secondary N) is 1. The standard InChI is InChI=1S/C25H29N3O6S/c26-35(31,32)25(16-19-5-2-1-3-6-19,12-14-33-18-28-13-11-23(29)27-24(28)30)21-7-4-8-22(15-21)34-17-20-9-10-20/h1-8,11,13,15,20H,9-10,12,14,16-18H2,(H2,26,31,32)(H,27,29,30). The van der Waals surface area contributed by atoms with Gasteiger partial charge in [-0.2, -0.15) is 0 Å². The number of nitrogens with two attached hydrogens (primary N) is 1. The van der Waals surface area contributed by atoms with Crippen LogP contribution in [0.25, 0.3) is 0 Å². The van der Waals surface area contributed by atoms with E-state index in [2.05, 4.69) is 4.98 Å². The summed E-state index contributed by atoms with van der Waals surface area (Å²) in [6, 6.07) is 17.5. The summed E-state index contributed by atoms with van der Waals surface area (Å²) in [7, 11) is -4.12. The van der Waals surface area contributed by atoms with Crippen LogP contribution in [0.15, 0.2) is 76.4 Å². The van der Waals surface area contributed by atoms with Gasteiger partial charge in [0.15, 0.2) is 0 Å². The Morgan fingerprint density at radius 1 is 1.06 bits per heavy atom. The number of rotatable bonds is 12. The minimum atomic E-state index is -4.12. The molecule has 9 nitrogen and oxygen atoms in total. The first-order valence-corrected chi connectivity index (χ1v) is 13.0. The summed E-state index contributed by atoms with van der Waals surface area (Å²) < 4.78 is 37.6. The maximum absolute atomic E-state index is 13.2. The molecule has 1 fully saturated rings. The van der Waals surface area contributed by atoms with Gasteiger partial charge < -0.3 is 9.47 Å². The molecule has 2 aromatic carbocycles. The van der Waals surface area contributed by atoms with E-state index < -0.39 is 26.0 Å². The number of aromatic amines is 1. The second kappa shape index (κ2) is 10.6. The number of sulfonamides is 1. The van der Waals surface area contributed by atoms with E-state index in [1.807, 2.05) is 30.3 Å². The molecule has 1 unspecified atom stereocenters. The highest BCUT2D eigenvalue weighted by atomic mass is 32.2. The topological polar surface area (TPSA) is 133 Å². The minimum Gasteiger partial charge on any atom is -0.493 e. The van der Waals surface area contributed by atoms with Gasteiger partial charge in [-0.1, -0.05) is 42.5 Å². The van der Waals surface area contributed by atoms with Crippen LogP contribution in [0.3, 0.4) is 0 Å². The van der Waals surface area contributed by atoms with Gasteiger partial charge in [0, 0.05) is 12.3 Å². The Balaban J connectivity index is 1.61. The van der Waals surface area contributed by atoms with Gasteiger partial charge in [-0.15, -0.1) is 0 Å². The molecule has 1 aliphatic carbocycles. The monoisotopic (exact) mass is 499 g/mol. The van der Waals surface area contributed by atoms with Gasteiger partial charge in [-0.25, -0.2) is 18.4 Å². The minimum absolute atomic E-state index is 0.00197. The van der Waals surface area contributed by atoms with Crippen molar-refractivity contribution in [3.8, 4) is 5.75 Å². The molecule has 1 heterocycles. The zero-order valence-electron chi connectivity index (χ0n) is 19.3. The maximum atomic E-state index is 13.2. The fourth-order valence-corrected chi connectivity index (χ4v) is 5.17. The van der Waals surface area contributed by atoms with Crippen molar-refractivity contribution in [1.29, 1.82) is 0 Å². The zero-order chi connectivity index (χ0) is 24.9. The average Bonchev–Trinajstić information content (AvgIpc) is 3.65. The van der Waals surface area contributed by atoms with Gasteiger partial charge in [0.1, 0.15) is 17.2 Å². The van der Waals surface area contributed by atoms with Gasteiger partial charge in [-0.3, -0.25) is 14.3 Å². The molecule has 35 heavy (non-hydrogen) atoms. The molecule has 4 rings (SSSR count). The highest BCUT2D eigenvalue weighted by Gasteiger charge is 2.43. The number of primary sulfonamides is 1. The Bertz CT molecular complexity index is 1370. The van der Waals surface area contributed by atoms with E-state index in [9.17, 15) is 18.0 Å². The fraction of sp³-hybridized carbons (Fsp3) is 0.360. The number of nitrogens with zero attached hydrogens (tertiary/aromatic N) is 1. The smallest absolute Gasteiger partial charge is 0.330 e. The summed E-state index contributed by atoms with van der Waals surface area (Å²) in [5.41, 5.74) is 0.204. The summed E-state index contributed by atoms with van der Waals surface area (Å²) in [4.78, 5) is 25.3. The molecular weight excluding hydrogens is 470 g/mol. The van der Waals surface area contributed by atoms with E-state index in [0.717, 1.165) is 18.4 Å². The summed E-state index contributed by atoms with van der Waals surface area (Å²) in [5, 5.41) is 5.89. The molecular formula is C25H29N3O6S. The van der Waals surface area contributed by atoms with E-state index >= 15 is 0 Å². The first kappa shape index (κ1) is 24.9. The molecule has 10 heteroatoms.